The second kappa shape index (κ2) is 7.39. The maximum Gasteiger partial charge on any atom is 0.251 e. The van der Waals surface area contributed by atoms with Crippen molar-refractivity contribution in [3.8, 4) is 0 Å². The summed E-state index contributed by atoms with van der Waals surface area (Å²) >= 11 is 0. The van der Waals surface area contributed by atoms with Crippen molar-refractivity contribution in [2.75, 3.05) is 42.6 Å². The van der Waals surface area contributed by atoms with Crippen molar-refractivity contribution < 1.29 is 4.74 Å². The van der Waals surface area contributed by atoms with E-state index < -0.39 is 0 Å². The zero-order chi connectivity index (χ0) is 18.9. The summed E-state index contributed by atoms with van der Waals surface area (Å²) in [6, 6.07) is 14.9. The first kappa shape index (κ1) is 18.1. The molecule has 3 heterocycles. The van der Waals surface area contributed by atoms with Gasteiger partial charge in [0.05, 0.1) is 13.2 Å². The van der Waals surface area contributed by atoms with E-state index in [1.165, 1.54) is 5.56 Å². The molecule has 0 saturated carbocycles. The van der Waals surface area contributed by atoms with Gasteiger partial charge in [-0.2, -0.15) is 0 Å². The summed E-state index contributed by atoms with van der Waals surface area (Å²) in [4.78, 5) is 20.1. The maximum absolute atomic E-state index is 12.4. The molecule has 2 aliphatic heterocycles. The van der Waals surface area contributed by atoms with Gasteiger partial charge in [-0.3, -0.25) is 4.79 Å². The van der Waals surface area contributed by atoms with Crippen LogP contribution in [0, 0.1) is 5.41 Å². The number of morpholine rings is 1. The highest BCUT2D eigenvalue weighted by atomic mass is 16.5. The Morgan fingerprint density at radius 3 is 2.59 bits per heavy atom. The van der Waals surface area contributed by atoms with Gasteiger partial charge in [-0.15, -0.1) is 0 Å². The van der Waals surface area contributed by atoms with E-state index in [1.807, 2.05) is 0 Å². The average molecular weight is 367 g/mol. The normalized spacial score (nSPS) is 22.2. The lowest BCUT2D eigenvalue weighted by molar-refractivity contribution is 0.122. The van der Waals surface area contributed by atoms with Crippen LogP contribution in [0.25, 0.3) is 0 Å². The van der Waals surface area contributed by atoms with Crippen LogP contribution in [0.5, 0.6) is 0 Å². The molecule has 0 aliphatic carbocycles. The molecule has 27 heavy (non-hydrogen) atoms. The van der Waals surface area contributed by atoms with Crippen LogP contribution in [0.15, 0.2) is 47.3 Å². The van der Waals surface area contributed by atoms with Crippen LogP contribution in [0.1, 0.15) is 25.8 Å². The molecule has 0 unspecified atom stereocenters. The van der Waals surface area contributed by atoms with E-state index in [1.54, 1.807) is 6.07 Å². The van der Waals surface area contributed by atoms with E-state index in [0.29, 0.717) is 6.04 Å². The van der Waals surface area contributed by atoms with E-state index in [2.05, 4.69) is 65.0 Å². The van der Waals surface area contributed by atoms with Crippen LogP contribution in [0.2, 0.25) is 0 Å². The van der Waals surface area contributed by atoms with Crippen molar-refractivity contribution >= 4 is 11.5 Å². The summed E-state index contributed by atoms with van der Waals surface area (Å²) < 4.78 is 5.45. The van der Waals surface area contributed by atoms with Gasteiger partial charge in [0.2, 0.25) is 0 Å². The standard InChI is InChI=1S/C22H29N3O2/c1-22(2)8-9-25(19(22)14-17-6-4-3-5-7-17)20-15-18(16-21(26)23-20)24-10-12-27-13-11-24/h3-7,15-16,19H,8-14H2,1-2H3,(H,23,26)/t19-/m1/s1. The van der Waals surface area contributed by atoms with E-state index in [9.17, 15) is 4.79 Å². The molecule has 5 nitrogen and oxygen atoms in total. The van der Waals surface area contributed by atoms with Crippen molar-refractivity contribution in [3.63, 3.8) is 0 Å². The molecule has 1 N–H and O–H groups in total. The van der Waals surface area contributed by atoms with Crippen molar-refractivity contribution in [3.05, 3.63) is 58.4 Å². The van der Waals surface area contributed by atoms with Gasteiger partial charge >= 0.3 is 0 Å². The van der Waals surface area contributed by atoms with E-state index in [-0.39, 0.29) is 11.0 Å². The maximum atomic E-state index is 12.4. The minimum Gasteiger partial charge on any atom is -0.378 e. The number of ether oxygens (including phenoxy) is 1. The van der Waals surface area contributed by atoms with Gasteiger partial charge in [0, 0.05) is 43.5 Å². The summed E-state index contributed by atoms with van der Waals surface area (Å²) in [5.74, 6) is 0.940. The van der Waals surface area contributed by atoms with Crippen molar-refractivity contribution in [2.24, 2.45) is 5.41 Å². The lowest BCUT2D eigenvalue weighted by atomic mass is 9.81. The van der Waals surface area contributed by atoms with Crippen LogP contribution < -0.4 is 15.4 Å². The molecule has 2 aliphatic rings. The van der Waals surface area contributed by atoms with Crippen molar-refractivity contribution in [2.45, 2.75) is 32.7 Å². The molecule has 0 bridgehead atoms. The van der Waals surface area contributed by atoms with Crippen LogP contribution in [-0.2, 0) is 11.2 Å². The van der Waals surface area contributed by atoms with Crippen molar-refractivity contribution in [1.82, 2.24) is 4.98 Å². The summed E-state index contributed by atoms with van der Waals surface area (Å²) in [5.41, 5.74) is 2.51. The SMILES string of the molecule is CC1(C)CCN(c2cc(N3CCOCC3)cc(=O)[nH]2)[C@@H]1Cc1ccccc1. The number of aromatic amines is 1. The quantitative estimate of drug-likeness (QED) is 0.902. The number of rotatable bonds is 4. The summed E-state index contributed by atoms with van der Waals surface area (Å²) in [5, 5.41) is 0. The number of hydrogen-bond donors (Lipinski definition) is 1. The Kier molecular flexibility index (Phi) is 4.96. The van der Waals surface area contributed by atoms with E-state index in [0.717, 1.165) is 57.2 Å². The van der Waals surface area contributed by atoms with Crippen LogP contribution in [0.4, 0.5) is 11.5 Å². The van der Waals surface area contributed by atoms with Crippen LogP contribution >= 0.6 is 0 Å². The summed E-state index contributed by atoms with van der Waals surface area (Å²) in [7, 11) is 0. The Bertz CT molecular complexity index is 825. The molecule has 2 saturated heterocycles. The van der Waals surface area contributed by atoms with Gasteiger partial charge in [-0.25, -0.2) is 0 Å². The van der Waals surface area contributed by atoms with Crippen molar-refractivity contribution in [1.29, 1.82) is 0 Å². The topological polar surface area (TPSA) is 48.6 Å². The minimum absolute atomic E-state index is 0.0304. The number of nitrogens with zero attached hydrogens (tertiary/aromatic N) is 2. The highest BCUT2D eigenvalue weighted by Gasteiger charge is 2.40. The lowest BCUT2D eigenvalue weighted by Crippen LogP contribution is -2.40. The zero-order valence-corrected chi connectivity index (χ0v) is 16.3. The molecular weight excluding hydrogens is 338 g/mol. The summed E-state index contributed by atoms with van der Waals surface area (Å²) in [6.45, 7) is 8.75. The molecular formula is C22H29N3O2. The molecule has 0 amide bonds. The number of H-pyrrole nitrogens is 1. The Balaban J connectivity index is 1.64. The smallest absolute Gasteiger partial charge is 0.251 e. The summed E-state index contributed by atoms with van der Waals surface area (Å²) in [6.07, 6.45) is 2.10. The number of nitrogens with one attached hydrogen (secondary N) is 1. The number of hydrogen-bond acceptors (Lipinski definition) is 4. The Morgan fingerprint density at radius 1 is 1.11 bits per heavy atom. The number of benzene rings is 1. The second-order valence-corrected chi connectivity index (χ2v) is 8.32. The highest BCUT2D eigenvalue weighted by molar-refractivity contribution is 5.56. The first-order chi connectivity index (χ1) is 13.0. The van der Waals surface area contributed by atoms with Crippen LogP contribution in [-0.4, -0.2) is 43.9 Å². The van der Waals surface area contributed by atoms with Gasteiger partial charge in [-0.05, 0) is 23.8 Å². The number of pyridine rings is 1. The Labute approximate surface area is 161 Å². The van der Waals surface area contributed by atoms with Crippen LogP contribution in [0.3, 0.4) is 0 Å². The third-order valence-corrected chi connectivity index (χ3v) is 6.05. The highest BCUT2D eigenvalue weighted by Crippen LogP contribution is 2.40. The van der Waals surface area contributed by atoms with Gasteiger partial charge in [0.1, 0.15) is 5.82 Å². The predicted octanol–water partition coefficient (Wildman–Crippen LogP) is 3.06. The first-order valence-electron chi connectivity index (χ1n) is 9.90. The molecule has 1 aromatic heterocycles. The third-order valence-electron chi connectivity index (χ3n) is 6.05. The van der Waals surface area contributed by atoms with Gasteiger partial charge < -0.3 is 19.5 Å². The predicted molar refractivity (Wildman–Crippen MR) is 110 cm³/mol. The Morgan fingerprint density at radius 2 is 1.85 bits per heavy atom. The monoisotopic (exact) mass is 367 g/mol. The molecule has 5 heteroatoms. The fraction of sp³-hybridized carbons (Fsp3) is 0.500. The van der Waals surface area contributed by atoms with E-state index in [4.69, 9.17) is 4.74 Å². The molecule has 2 aromatic rings. The number of anilines is 2. The fourth-order valence-corrected chi connectivity index (χ4v) is 4.34. The molecule has 1 aromatic carbocycles. The van der Waals surface area contributed by atoms with Gasteiger partial charge in [0.25, 0.3) is 5.56 Å². The zero-order valence-electron chi connectivity index (χ0n) is 16.3. The molecule has 2 fully saturated rings. The minimum atomic E-state index is -0.0304. The Hall–Kier alpha value is -2.27. The third kappa shape index (κ3) is 3.88. The van der Waals surface area contributed by atoms with Gasteiger partial charge in [-0.1, -0.05) is 44.2 Å². The molecule has 0 radical (unpaired) electrons. The molecule has 144 valence electrons. The lowest BCUT2D eigenvalue weighted by Gasteiger charge is -2.35. The first-order valence-corrected chi connectivity index (χ1v) is 9.90. The fourth-order valence-electron chi connectivity index (χ4n) is 4.34. The molecule has 1 atom stereocenters. The van der Waals surface area contributed by atoms with Gasteiger partial charge in [0.15, 0.2) is 0 Å². The molecule has 4 rings (SSSR count). The molecule has 0 spiro atoms. The second-order valence-electron chi connectivity index (χ2n) is 8.32. The average Bonchev–Trinajstić information content (AvgIpc) is 2.97. The largest absolute Gasteiger partial charge is 0.378 e. The number of aromatic nitrogens is 1. The van der Waals surface area contributed by atoms with E-state index >= 15 is 0 Å².